The minimum Gasteiger partial charge on any atom is -0.394 e. The minimum atomic E-state index is -0.725. The van der Waals surface area contributed by atoms with E-state index in [0.29, 0.717) is 16.2 Å². The third-order valence-corrected chi connectivity index (χ3v) is 4.98. The number of ether oxygens (including phenoxy) is 3. The second-order valence-corrected chi connectivity index (χ2v) is 7.27. The largest absolute Gasteiger partial charge is 0.394 e. The summed E-state index contributed by atoms with van der Waals surface area (Å²) in [5, 5.41) is 10.7. The number of hydrogen-bond acceptors (Lipinski definition) is 6. The van der Waals surface area contributed by atoms with Crippen LogP contribution in [0.2, 0.25) is 5.15 Å². The highest BCUT2D eigenvalue weighted by Crippen LogP contribution is 2.44. The normalized spacial score (nSPS) is 32.6. The van der Waals surface area contributed by atoms with Gasteiger partial charge in [-0.3, -0.25) is 0 Å². The summed E-state index contributed by atoms with van der Waals surface area (Å²) < 4.78 is 20.4. The molecule has 0 aromatic carbocycles. The SMILES string of the molecule is CC1(C)O[C@@H]2[C@H](O1)[C@@H](CO)O[C@H]2n1cc(Br)c2c(Cl)ncnc21. The van der Waals surface area contributed by atoms with Crippen LogP contribution in [0.25, 0.3) is 11.0 Å². The van der Waals surface area contributed by atoms with Gasteiger partial charge in [-0.2, -0.15) is 0 Å². The van der Waals surface area contributed by atoms with Crippen LogP contribution in [-0.4, -0.2) is 50.3 Å². The standard InChI is InChI=1S/C14H15BrClN3O4/c1-14(2)22-9-7(4-20)21-13(10(9)23-14)19-3-6(15)8-11(16)17-5-18-12(8)19/h3,5,7,9-10,13,20H,4H2,1-2H3/t7-,9-,10-,13-/m1/s1. The van der Waals surface area contributed by atoms with Crippen LogP contribution < -0.4 is 0 Å². The van der Waals surface area contributed by atoms with Crippen molar-refractivity contribution >= 4 is 38.6 Å². The molecular formula is C14H15BrClN3O4. The van der Waals surface area contributed by atoms with E-state index in [1.54, 1.807) is 0 Å². The van der Waals surface area contributed by atoms with E-state index >= 15 is 0 Å². The van der Waals surface area contributed by atoms with Crippen LogP contribution in [-0.2, 0) is 14.2 Å². The molecular weight excluding hydrogens is 390 g/mol. The van der Waals surface area contributed by atoms with Gasteiger partial charge in [-0.25, -0.2) is 9.97 Å². The van der Waals surface area contributed by atoms with Crippen molar-refractivity contribution in [2.24, 2.45) is 0 Å². The summed E-state index contributed by atoms with van der Waals surface area (Å²) in [6.07, 6.45) is 1.62. The summed E-state index contributed by atoms with van der Waals surface area (Å²) in [4.78, 5) is 8.31. The lowest BCUT2D eigenvalue weighted by Gasteiger charge is -2.24. The highest BCUT2D eigenvalue weighted by Gasteiger charge is 2.55. The van der Waals surface area contributed by atoms with Crippen LogP contribution in [0.5, 0.6) is 0 Å². The average Bonchev–Trinajstić information content (AvgIpc) is 3.08. The van der Waals surface area contributed by atoms with E-state index in [0.717, 1.165) is 4.47 Å². The van der Waals surface area contributed by atoms with Crippen molar-refractivity contribution in [1.82, 2.24) is 14.5 Å². The fourth-order valence-corrected chi connectivity index (χ4v) is 4.16. The Bertz CT molecular complexity index is 768. The fraction of sp³-hybridized carbons (Fsp3) is 0.571. The molecule has 2 aliphatic rings. The number of aliphatic hydroxyl groups excluding tert-OH is 1. The Hall–Kier alpha value is -0.770. The predicted octanol–water partition coefficient (Wildman–Crippen LogP) is 2.26. The van der Waals surface area contributed by atoms with E-state index < -0.39 is 18.1 Å². The van der Waals surface area contributed by atoms with Gasteiger partial charge in [-0.05, 0) is 29.8 Å². The van der Waals surface area contributed by atoms with Gasteiger partial charge in [0.1, 0.15) is 35.4 Å². The maximum absolute atomic E-state index is 9.58. The van der Waals surface area contributed by atoms with Crippen molar-refractivity contribution in [3.8, 4) is 0 Å². The lowest BCUT2D eigenvalue weighted by atomic mass is 10.1. The van der Waals surface area contributed by atoms with Crippen LogP contribution in [0.15, 0.2) is 17.0 Å². The Kier molecular flexibility index (Phi) is 3.67. The molecule has 2 aliphatic heterocycles. The molecule has 124 valence electrons. The first-order valence-electron chi connectivity index (χ1n) is 7.20. The van der Waals surface area contributed by atoms with Crippen LogP contribution >= 0.6 is 27.5 Å². The van der Waals surface area contributed by atoms with E-state index in [9.17, 15) is 5.11 Å². The number of aliphatic hydroxyl groups is 1. The lowest BCUT2D eigenvalue weighted by Crippen LogP contribution is -2.31. The maximum atomic E-state index is 9.58. The number of fused-ring (bicyclic) bond motifs is 2. The van der Waals surface area contributed by atoms with Crippen LogP contribution in [0.1, 0.15) is 20.1 Å². The van der Waals surface area contributed by atoms with Gasteiger partial charge in [-0.1, -0.05) is 11.6 Å². The molecule has 0 radical (unpaired) electrons. The number of halogens is 2. The third kappa shape index (κ3) is 2.40. The Morgan fingerprint density at radius 1 is 1.35 bits per heavy atom. The molecule has 9 heteroatoms. The smallest absolute Gasteiger partial charge is 0.164 e. The third-order valence-electron chi connectivity index (χ3n) is 4.10. The average molecular weight is 405 g/mol. The van der Waals surface area contributed by atoms with Gasteiger partial charge in [0.15, 0.2) is 12.0 Å². The topological polar surface area (TPSA) is 78.6 Å². The van der Waals surface area contributed by atoms with Crippen molar-refractivity contribution < 1.29 is 19.3 Å². The van der Waals surface area contributed by atoms with Gasteiger partial charge in [0.05, 0.1) is 12.0 Å². The van der Waals surface area contributed by atoms with Gasteiger partial charge >= 0.3 is 0 Å². The molecule has 0 unspecified atom stereocenters. The van der Waals surface area contributed by atoms with Crippen molar-refractivity contribution in [1.29, 1.82) is 0 Å². The summed E-state index contributed by atoms with van der Waals surface area (Å²) in [7, 11) is 0. The number of rotatable bonds is 2. The quantitative estimate of drug-likeness (QED) is 0.774. The molecule has 4 atom stereocenters. The van der Waals surface area contributed by atoms with E-state index in [-0.39, 0.29) is 18.8 Å². The highest BCUT2D eigenvalue weighted by molar-refractivity contribution is 9.10. The molecule has 0 saturated carbocycles. The monoisotopic (exact) mass is 403 g/mol. The molecule has 2 aromatic heterocycles. The molecule has 1 N–H and O–H groups in total. The van der Waals surface area contributed by atoms with Gasteiger partial charge in [0.25, 0.3) is 0 Å². The zero-order valence-corrected chi connectivity index (χ0v) is 14.8. The van der Waals surface area contributed by atoms with Crippen molar-refractivity contribution in [3.05, 3.63) is 22.1 Å². The van der Waals surface area contributed by atoms with E-state index in [4.69, 9.17) is 25.8 Å². The molecule has 2 fully saturated rings. The number of hydrogen-bond donors (Lipinski definition) is 1. The molecule has 0 spiro atoms. The number of aromatic nitrogens is 3. The van der Waals surface area contributed by atoms with Crippen molar-refractivity contribution in [2.45, 2.75) is 44.2 Å². The van der Waals surface area contributed by atoms with Crippen LogP contribution in [0.3, 0.4) is 0 Å². The summed E-state index contributed by atoms with van der Waals surface area (Å²) in [6.45, 7) is 3.55. The van der Waals surface area contributed by atoms with Crippen LogP contribution in [0.4, 0.5) is 0 Å². The van der Waals surface area contributed by atoms with E-state index in [2.05, 4.69) is 25.9 Å². The Morgan fingerprint density at radius 3 is 2.83 bits per heavy atom. The van der Waals surface area contributed by atoms with Gasteiger partial charge in [0, 0.05) is 10.7 Å². The first kappa shape index (κ1) is 15.7. The minimum absolute atomic E-state index is 0.146. The zero-order chi connectivity index (χ0) is 16.4. The molecule has 23 heavy (non-hydrogen) atoms. The number of nitrogens with zero attached hydrogens (tertiary/aromatic N) is 3. The van der Waals surface area contributed by atoms with Crippen molar-refractivity contribution in [2.75, 3.05) is 6.61 Å². The summed E-state index contributed by atoms with van der Waals surface area (Å²) >= 11 is 9.64. The summed E-state index contributed by atoms with van der Waals surface area (Å²) in [6, 6.07) is 0. The van der Waals surface area contributed by atoms with Crippen molar-refractivity contribution in [3.63, 3.8) is 0 Å². The second kappa shape index (κ2) is 5.37. The first-order chi connectivity index (χ1) is 10.9. The van der Waals surface area contributed by atoms with Gasteiger partial charge in [-0.15, -0.1) is 0 Å². The zero-order valence-electron chi connectivity index (χ0n) is 12.4. The molecule has 0 aliphatic carbocycles. The predicted molar refractivity (Wildman–Crippen MR) is 85.1 cm³/mol. The Balaban J connectivity index is 1.81. The molecule has 7 nitrogen and oxygen atoms in total. The molecule has 4 rings (SSSR count). The Morgan fingerprint density at radius 2 is 2.09 bits per heavy atom. The molecule has 2 saturated heterocycles. The highest BCUT2D eigenvalue weighted by atomic mass is 79.9. The van der Waals surface area contributed by atoms with Crippen LogP contribution in [0, 0.1) is 0 Å². The molecule has 0 bridgehead atoms. The summed E-state index contributed by atoms with van der Waals surface area (Å²) in [5.41, 5.74) is 0.632. The molecule has 2 aromatic rings. The Labute approximate surface area is 145 Å². The molecule has 4 heterocycles. The first-order valence-corrected chi connectivity index (χ1v) is 8.37. The second-order valence-electron chi connectivity index (χ2n) is 6.06. The van der Waals surface area contributed by atoms with E-state index in [1.807, 2.05) is 24.6 Å². The van der Waals surface area contributed by atoms with E-state index in [1.165, 1.54) is 6.33 Å². The van der Waals surface area contributed by atoms with Gasteiger partial charge in [0.2, 0.25) is 0 Å². The van der Waals surface area contributed by atoms with Gasteiger partial charge < -0.3 is 23.9 Å². The fourth-order valence-electron chi connectivity index (χ4n) is 3.23. The maximum Gasteiger partial charge on any atom is 0.164 e. The molecule has 0 amide bonds. The summed E-state index contributed by atoms with van der Waals surface area (Å²) in [5.74, 6) is -0.725. The lowest BCUT2D eigenvalue weighted by molar-refractivity contribution is -0.199.